The number of carbonyl (C=O) groups excluding carboxylic acids is 1. The van der Waals surface area contributed by atoms with Crippen molar-refractivity contribution < 1.29 is 4.79 Å². The summed E-state index contributed by atoms with van der Waals surface area (Å²) in [6.45, 7) is 2.77. The molecule has 0 fully saturated rings. The van der Waals surface area contributed by atoms with Crippen LogP contribution in [0.15, 0.2) is 35.1 Å². The third-order valence-corrected chi connectivity index (χ3v) is 3.11. The van der Waals surface area contributed by atoms with E-state index in [1.807, 2.05) is 31.2 Å². The van der Waals surface area contributed by atoms with E-state index >= 15 is 0 Å². The topological polar surface area (TPSA) is 47.8 Å². The summed E-state index contributed by atoms with van der Waals surface area (Å²) in [5.74, 6) is 0.447. The maximum Gasteiger partial charge on any atom is 0.204 e. The number of ketones is 1. The van der Waals surface area contributed by atoms with Crippen molar-refractivity contribution in [2.24, 2.45) is 0 Å². The molecule has 0 radical (unpaired) electrons. The van der Waals surface area contributed by atoms with Gasteiger partial charge in [-0.3, -0.25) is 4.79 Å². The first-order chi connectivity index (χ1) is 8.70. The van der Waals surface area contributed by atoms with Crippen molar-refractivity contribution in [3.05, 3.63) is 46.5 Å². The van der Waals surface area contributed by atoms with Gasteiger partial charge in [0, 0.05) is 17.4 Å². The highest BCUT2D eigenvalue weighted by Gasteiger charge is 2.13. The number of Topliss-reactive ketones (excluding diaryl/α,β-unsaturated/α-hetero) is 1. The van der Waals surface area contributed by atoms with Crippen LogP contribution in [-0.2, 0) is 13.0 Å². The molecule has 4 nitrogen and oxygen atoms in total. The molecule has 0 aliphatic rings. The Kier molecular flexibility index (Phi) is 4.25. The first-order valence-electron chi connectivity index (χ1n) is 5.86. The number of hydrogen-bond acceptors (Lipinski definition) is 3. The second kappa shape index (κ2) is 5.91. The number of rotatable bonds is 5. The average molecular weight is 308 g/mol. The number of carbonyl (C=O) groups is 1. The number of halogens is 1. The minimum Gasteiger partial charge on any atom is -0.290 e. The predicted molar refractivity (Wildman–Crippen MR) is 72.5 cm³/mol. The fourth-order valence-electron chi connectivity index (χ4n) is 1.72. The zero-order chi connectivity index (χ0) is 13.0. The molecule has 0 unspecified atom stereocenters. The van der Waals surface area contributed by atoms with Crippen LogP contribution < -0.4 is 0 Å². The van der Waals surface area contributed by atoms with Crippen LogP contribution in [0.2, 0.25) is 0 Å². The third kappa shape index (κ3) is 3.04. The van der Waals surface area contributed by atoms with E-state index in [-0.39, 0.29) is 5.78 Å². The first-order valence-corrected chi connectivity index (χ1v) is 6.65. The second-order valence-corrected chi connectivity index (χ2v) is 4.95. The number of nitrogens with zero attached hydrogens (tertiary/aromatic N) is 3. The summed E-state index contributed by atoms with van der Waals surface area (Å²) >= 11 is 3.37. The van der Waals surface area contributed by atoms with E-state index in [4.69, 9.17) is 0 Å². The smallest absolute Gasteiger partial charge is 0.204 e. The number of aryl methyl sites for hydroxylation is 1. The molecule has 0 saturated heterocycles. The molecule has 0 aliphatic carbocycles. The molecular weight excluding hydrogens is 294 g/mol. The molecule has 0 amide bonds. The third-order valence-electron chi connectivity index (χ3n) is 2.58. The van der Waals surface area contributed by atoms with Gasteiger partial charge in [0.05, 0.1) is 0 Å². The summed E-state index contributed by atoms with van der Waals surface area (Å²) in [5, 5.41) is 4.06. The highest BCUT2D eigenvalue weighted by atomic mass is 79.9. The average Bonchev–Trinajstić information content (AvgIpc) is 2.81. The highest BCUT2D eigenvalue weighted by Crippen LogP contribution is 2.12. The molecule has 0 aliphatic heterocycles. The van der Waals surface area contributed by atoms with E-state index in [2.05, 4.69) is 26.0 Å². The van der Waals surface area contributed by atoms with Gasteiger partial charge in [-0.25, -0.2) is 9.67 Å². The van der Waals surface area contributed by atoms with Gasteiger partial charge in [-0.15, -0.1) is 0 Å². The Morgan fingerprint density at radius 3 is 2.72 bits per heavy atom. The molecule has 2 rings (SSSR count). The lowest BCUT2D eigenvalue weighted by Gasteiger charge is -2.04. The molecule has 0 spiro atoms. The minimum atomic E-state index is 0.00303. The van der Waals surface area contributed by atoms with Crippen molar-refractivity contribution in [3.63, 3.8) is 0 Å². The van der Waals surface area contributed by atoms with Crippen LogP contribution in [0.3, 0.4) is 0 Å². The van der Waals surface area contributed by atoms with E-state index in [0.29, 0.717) is 12.2 Å². The minimum absolute atomic E-state index is 0.00303. The van der Waals surface area contributed by atoms with Crippen molar-refractivity contribution in [2.75, 3.05) is 0 Å². The van der Waals surface area contributed by atoms with E-state index in [1.54, 1.807) is 4.68 Å². The maximum absolute atomic E-state index is 12.1. The molecule has 1 aromatic carbocycles. The summed E-state index contributed by atoms with van der Waals surface area (Å²) in [4.78, 5) is 16.2. The van der Waals surface area contributed by atoms with Crippen LogP contribution in [0.4, 0.5) is 0 Å². The second-order valence-electron chi connectivity index (χ2n) is 4.03. The number of hydrogen-bond donors (Lipinski definition) is 0. The Hall–Kier alpha value is -1.49. The fourth-order valence-corrected chi connectivity index (χ4v) is 1.99. The van der Waals surface area contributed by atoms with Crippen molar-refractivity contribution in [2.45, 2.75) is 26.3 Å². The Morgan fingerprint density at radius 1 is 1.33 bits per heavy atom. The van der Waals surface area contributed by atoms with E-state index in [1.165, 1.54) is 6.33 Å². The van der Waals surface area contributed by atoms with Gasteiger partial charge < -0.3 is 0 Å². The van der Waals surface area contributed by atoms with Crippen LogP contribution in [0, 0.1) is 0 Å². The molecule has 5 heteroatoms. The summed E-state index contributed by atoms with van der Waals surface area (Å²) in [7, 11) is 0. The van der Waals surface area contributed by atoms with E-state index in [0.717, 1.165) is 23.0 Å². The van der Waals surface area contributed by atoms with Gasteiger partial charge in [0.15, 0.2) is 5.82 Å². The maximum atomic E-state index is 12.1. The molecule has 1 aromatic heterocycles. The van der Waals surface area contributed by atoms with Crippen molar-refractivity contribution in [1.29, 1.82) is 0 Å². The van der Waals surface area contributed by atoms with Gasteiger partial charge in [-0.2, -0.15) is 5.10 Å². The normalized spacial score (nSPS) is 10.6. The molecule has 0 bridgehead atoms. The van der Waals surface area contributed by atoms with Gasteiger partial charge in [0.1, 0.15) is 6.33 Å². The number of benzene rings is 1. The Labute approximate surface area is 114 Å². The quantitative estimate of drug-likeness (QED) is 0.798. The molecule has 0 N–H and O–H groups in total. The van der Waals surface area contributed by atoms with E-state index < -0.39 is 0 Å². The number of aromatic nitrogens is 3. The van der Waals surface area contributed by atoms with E-state index in [9.17, 15) is 4.79 Å². The highest BCUT2D eigenvalue weighted by molar-refractivity contribution is 9.10. The molecule has 0 saturated carbocycles. The SMILES string of the molecule is CCCn1ncnc1C(=O)Cc1ccc(Br)cc1. The lowest BCUT2D eigenvalue weighted by atomic mass is 10.1. The van der Waals surface area contributed by atoms with Gasteiger partial charge in [-0.1, -0.05) is 35.0 Å². The largest absolute Gasteiger partial charge is 0.290 e. The standard InChI is InChI=1S/C13H14BrN3O/c1-2-7-17-13(15-9-16-17)12(18)8-10-3-5-11(14)6-4-10/h3-6,9H,2,7-8H2,1H3. The fraction of sp³-hybridized carbons (Fsp3) is 0.308. The summed E-state index contributed by atoms with van der Waals surface area (Å²) in [5.41, 5.74) is 0.981. The molecule has 0 atom stereocenters. The summed E-state index contributed by atoms with van der Waals surface area (Å²) in [6, 6.07) is 7.73. The zero-order valence-electron chi connectivity index (χ0n) is 10.1. The van der Waals surface area contributed by atoms with Crippen LogP contribution in [0.25, 0.3) is 0 Å². The van der Waals surface area contributed by atoms with Gasteiger partial charge in [0.2, 0.25) is 5.78 Å². The summed E-state index contributed by atoms with van der Waals surface area (Å²) < 4.78 is 2.68. The van der Waals surface area contributed by atoms with Gasteiger partial charge in [0.25, 0.3) is 0 Å². The van der Waals surface area contributed by atoms with Crippen LogP contribution in [0.1, 0.15) is 29.5 Å². The van der Waals surface area contributed by atoms with Crippen LogP contribution >= 0.6 is 15.9 Å². The zero-order valence-corrected chi connectivity index (χ0v) is 11.7. The monoisotopic (exact) mass is 307 g/mol. The molecular formula is C13H14BrN3O. The van der Waals surface area contributed by atoms with Gasteiger partial charge >= 0.3 is 0 Å². The van der Waals surface area contributed by atoms with Crippen molar-refractivity contribution in [3.8, 4) is 0 Å². The lowest BCUT2D eigenvalue weighted by Crippen LogP contribution is -2.13. The summed E-state index contributed by atoms with van der Waals surface area (Å²) in [6.07, 6.45) is 2.72. The Bertz CT molecular complexity index is 533. The van der Waals surface area contributed by atoms with Crippen LogP contribution in [0.5, 0.6) is 0 Å². The lowest BCUT2D eigenvalue weighted by molar-refractivity contribution is 0.0977. The molecule has 2 aromatic rings. The van der Waals surface area contributed by atoms with Crippen molar-refractivity contribution >= 4 is 21.7 Å². The molecule has 1 heterocycles. The molecule has 94 valence electrons. The predicted octanol–water partition coefficient (Wildman–Crippen LogP) is 2.88. The van der Waals surface area contributed by atoms with Crippen LogP contribution in [-0.4, -0.2) is 20.5 Å². The first kappa shape index (κ1) is 13.0. The van der Waals surface area contributed by atoms with Gasteiger partial charge in [-0.05, 0) is 24.1 Å². The Morgan fingerprint density at radius 2 is 2.06 bits per heavy atom. The molecule has 18 heavy (non-hydrogen) atoms. The van der Waals surface area contributed by atoms with Crippen molar-refractivity contribution in [1.82, 2.24) is 14.8 Å². The Balaban J connectivity index is 2.11.